The van der Waals surface area contributed by atoms with E-state index in [2.05, 4.69) is 5.73 Å². The van der Waals surface area contributed by atoms with Gasteiger partial charge < -0.3 is 9.64 Å². The molecule has 1 aliphatic rings. The minimum absolute atomic E-state index is 0.0816. The molecule has 0 saturated carbocycles. The van der Waals surface area contributed by atoms with Crippen molar-refractivity contribution in [3.63, 3.8) is 0 Å². The lowest BCUT2D eigenvalue weighted by Gasteiger charge is -2.14. The van der Waals surface area contributed by atoms with Gasteiger partial charge in [-0.15, -0.1) is 5.73 Å². The maximum absolute atomic E-state index is 12.4. The fraction of sp³-hybridized carbons (Fsp3) is 0.238. The van der Waals surface area contributed by atoms with Gasteiger partial charge in [-0.05, 0) is 17.2 Å². The zero-order valence-corrected chi connectivity index (χ0v) is 13.7. The third-order valence-corrected chi connectivity index (χ3v) is 3.98. The number of ether oxygens (including phenoxy) is 1. The number of amides is 1. The van der Waals surface area contributed by atoms with E-state index in [1.807, 2.05) is 71.6 Å². The molecule has 1 amide bonds. The van der Waals surface area contributed by atoms with Crippen molar-refractivity contribution >= 4 is 5.91 Å². The molecule has 0 atom stereocenters. The van der Waals surface area contributed by atoms with Crippen LogP contribution in [0.1, 0.15) is 17.5 Å². The van der Waals surface area contributed by atoms with Crippen LogP contribution < -0.4 is 0 Å². The smallest absolute Gasteiger partial charge is 0.257 e. The highest BCUT2D eigenvalue weighted by Gasteiger charge is 2.25. The highest BCUT2D eigenvalue weighted by Crippen LogP contribution is 2.18. The molecule has 0 unspecified atom stereocenters. The number of rotatable bonds is 6. The van der Waals surface area contributed by atoms with Gasteiger partial charge in [0.2, 0.25) is 0 Å². The summed E-state index contributed by atoms with van der Waals surface area (Å²) in [4.78, 5) is 14.2. The third kappa shape index (κ3) is 4.45. The highest BCUT2D eigenvalue weighted by molar-refractivity contribution is 5.95. The molecule has 0 aliphatic carbocycles. The summed E-state index contributed by atoms with van der Waals surface area (Å²) in [6.45, 7) is 2.46. The number of likely N-dealkylation sites (tertiary alicyclic amines) is 1. The van der Waals surface area contributed by atoms with Gasteiger partial charge in [-0.25, -0.2) is 0 Å². The number of carbonyl (C=O) groups excluding carboxylic acids is 1. The molecule has 1 aliphatic heterocycles. The molecule has 3 rings (SSSR count). The van der Waals surface area contributed by atoms with Crippen molar-refractivity contribution in [3.05, 3.63) is 89.2 Å². The van der Waals surface area contributed by atoms with E-state index in [4.69, 9.17) is 4.74 Å². The first-order valence-electron chi connectivity index (χ1n) is 8.22. The lowest BCUT2D eigenvalue weighted by molar-refractivity contribution is -0.125. The van der Waals surface area contributed by atoms with Gasteiger partial charge in [0.05, 0.1) is 18.8 Å². The standard InChI is InChI=1S/C21H21NO2/c23-21-20(12-7-15-24-17-19-10-5-2-6-11-19)13-14-22(21)16-18-8-3-1-4-9-18/h1-11H,13-17H2. The van der Waals surface area contributed by atoms with Crippen LogP contribution in [0.15, 0.2) is 78.0 Å². The molecule has 3 heteroatoms. The second-order valence-electron chi connectivity index (χ2n) is 5.79. The molecular formula is C21H21NO2. The predicted molar refractivity (Wildman–Crippen MR) is 94.2 cm³/mol. The van der Waals surface area contributed by atoms with Crippen LogP contribution in [0.25, 0.3) is 0 Å². The molecule has 2 aromatic carbocycles. The fourth-order valence-corrected chi connectivity index (χ4v) is 2.71. The van der Waals surface area contributed by atoms with E-state index in [0.29, 0.717) is 19.8 Å². The summed E-state index contributed by atoms with van der Waals surface area (Å²) in [5, 5.41) is 0. The lowest BCUT2D eigenvalue weighted by atomic mass is 10.2. The Labute approximate surface area is 142 Å². The largest absolute Gasteiger partial charge is 0.372 e. The molecule has 0 N–H and O–H groups in total. The first kappa shape index (κ1) is 16.3. The van der Waals surface area contributed by atoms with Crippen molar-refractivity contribution in [2.24, 2.45) is 0 Å². The summed E-state index contributed by atoms with van der Waals surface area (Å²) in [7, 11) is 0. The van der Waals surface area contributed by atoms with Crippen molar-refractivity contribution in [1.82, 2.24) is 4.90 Å². The maximum atomic E-state index is 12.4. The summed E-state index contributed by atoms with van der Waals surface area (Å²) < 4.78 is 5.58. The Morgan fingerprint density at radius 2 is 1.67 bits per heavy atom. The average Bonchev–Trinajstić information content (AvgIpc) is 2.97. The maximum Gasteiger partial charge on any atom is 0.257 e. The van der Waals surface area contributed by atoms with Gasteiger partial charge in [0.25, 0.3) is 5.91 Å². The molecule has 0 aromatic heterocycles. The Bertz CT molecular complexity index is 731. The van der Waals surface area contributed by atoms with E-state index >= 15 is 0 Å². The van der Waals surface area contributed by atoms with Crippen LogP contribution in [-0.4, -0.2) is 24.0 Å². The Balaban J connectivity index is 1.50. The van der Waals surface area contributed by atoms with Gasteiger partial charge in [-0.3, -0.25) is 4.79 Å². The van der Waals surface area contributed by atoms with E-state index < -0.39 is 0 Å². The summed E-state index contributed by atoms with van der Waals surface area (Å²) in [6, 6.07) is 20.1. The molecule has 1 heterocycles. The Morgan fingerprint density at radius 1 is 1.00 bits per heavy atom. The predicted octanol–water partition coefficient (Wildman–Crippen LogP) is 3.72. The minimum atomic E-state index is 0.0816. The van der Waals surface area contributed by atoms with Gasteiger partial charge in [-0.2, -0.15) is 0 Å². The first-order valence-corrected chi connectivity index (χ1v) is 8.22. The van der Waals surface area contributed by atoms with Crippen LogP contribution in [0.4, 0.5) is 0 Å². The zero-order valence-electron chi connectivity index (χ0n) is 13.7. The van der Waals surface area contributed by atoms with Crippen LogP contribution in [0.5, 0.6) is 0 Å². The quantitative estimate of drug-likeness (QED) is 0.461. The van der Waals surface area contributed by atoms with Gasteiger partial charge in [-0.1, -0.05) is 60.7 Å². The second kappa shape index (κ2) is 8.30. The number of hydrogen-bond donors (Lipinski definition) is 0. The summed E-state index contributed by atoms with van der Waals surface area (Å²) in [6.07, 6.45) is 2.56. The Kier molecular flexibility index (Phi) is 5.62. The summed E-state index contributed by atoms with van der Waals surface area (Å²) in [5.41, 5.74) is 6.15. The lowest BCUT2D eigenvalue weighted by Crippen LogP contribution is -2.24. The van der Waals surface area contributed by atoms with E-state index in [9.17, 15) is 4.79 Å². The van der Waals surface area contributed by atoms with Crippen LogP contribution in [0.2, 0.25) is 0 Å². The summed E-state index contributed by atoms with van der Waals surface area (Å²) in [5.74, 6) is 0.0816. The molecule has 1 fully saturated rings. The topological polar surface area (TPSA) is 29.5 Å². The first-order chi connectivity index (χ1) is 11.8. The normalized spacial score (nSPS) is 13.9. The SMILES string of the molecule is O=C1C(=C=CCOCc2ccccc2)CCN1Cc1ccccc1. The molecule has 0 radical (unpaired) electrons. The second-order valence-corrected chi connectivity index (χ2v) is 5.79. The van der Waals surface area contributed by atoms with E-state index in [0.717, 1.165) is 29.7 Å². The van der Waals surface area contributed by atoms with Gasteiger partial charge >= 0.3 is 0 Å². The Morgan fingerprint density at radius 3 is 2.38 bits per heavy atom. The average molecular weight is 319 g/mol. The van der Waals surface area contributed by atoms with Crippen molar-refractivity contribution in [3.8, 4) is 0 Å². The number of benzene rings is 2. The molecule has 1 saturated heterocycles. The number of nitrogens with zero attached hydrogens (tertiary/aromatic N) is 1. The Hall–Kier alpha value is -2.61. The number of hydrogen-bond acceptors (Lipinski definition) is 2. The van der Waals surface area contributed by atoms with E-state index in [1.54, 1.807) is 0 Å². The minimum Gasteiger partial charge on any atom is -0.372 e. The van der Waals surface area contributed by atoms with Crippen LogP contribution in [-0.2, 0) is 22.7 Å². The molecule has 122 valence electrons. The third-order valence-electron chi connectivity index (χ3n) is 3.98. The van der Waals surface area contributed by atoms with Crippen molar-refractivity contribution in [1.29, 1.82) is 0 Å². The van der Waals surface area contributed by atoms with Gasteiger partial charge in [0.1, 0.15) is 0 Å². The molecule has 2 aromatic rings. The zero-order chi connectivity index (χ0) is 16.6. The van der Waals surface area contributed by atoms with Gasteiger partial charge in [0, 0.05) is 19.5 Å². The summed E-state index contributed by atoms with van der Waals surface area (Å²) >= 11 is 0. The highest BCUT2D eigenvalue weighted by atomic mass is 16.5. The molecule has 3 nitrogen and oxygen atoms in total. The number of carbonyl (C=O) groups is 1. The molecular weight excluding hydrogens is 298 g/mol. The molecule has 0 bridgehead atoms. The van der Waals surface area contributed by atoms with Crippen molar-refractivity contribution < 1.29 is 9.53 Å². The fourth-order valence-electron chi connectivity index (χ4n) is 2.71. The van der Waals surface area contributed by atoms with Crippen molar-refractivity contribution in [2.45, 2.75) is 19.6 Å². The van der Waals surface area contributed by atoms with Gasteiger partial charge in [0.15, 0.2) is 0 Å². The monoisotopic (exact) mass is 319 g/mol. The molecule has 24 heavy (non-hydrogen) atoms. The van der Waals surface area contributed by atoms with Crippen LogP contribution >= 0.6 is 0 Å². The van der Waals surface area contributed by atoms with Crippen LogP contribution in [0, 0.1) is 0 Å². The van der Waals surface area contributed by atoms with E-state index in [-0.39, 0.29) is 5.91 Å². The van der Waals surface area contributed by atoms with Crippen LogP contribution in [0.3, 0.4) is 0 Å². The van der Waals surface area contributed by atoms with E-state index in [1.165, 1.54) is 0 Å². The molecule has 0 spiro atoms. The van der Waals surface area contributed by atoms with Crippen molar-refractivity contribution in [2.75, 3.05) is 13.2 Å².